The first-order chi connectivity index (χ1) is 10.9. The van der Waals surface area contributed by atoms with Crippen LogP contribution < -0.4 is 5.32 Å². The molecule has 8 nitrogen and oxygen atoms in total. The minimum absolute atomic E-state index is 0.185. The van der Waals surface area contributed by atoms with Crippen LogP contribution in [-0.4, -0.2) is 79.8 Å². The SMILES string of the molecule is c1ncc2nnnn2c1NC[C@]1(N2CCOCC2)CCSC1. The summed E-state index contributed by atoms with van der Waals surface area (Å²) in [5.41, 5.74) is 0.844. The van der Waals surface area contributed by atoms with Crippen LogP contribution in [-0.2, 0) is 4.74 Å². The number of nitrogens with zero attached hydrogens (tertiary/aromatic N) is 6. The largest absolute Gasteiger partial charge is 0.379 e. The van der Waals surface area contributed by atoms with Gasteiger partial charge >= 0.3 is 0 Å². The van der Waals surface area contributed by atoms with Gasteiger partial charge in [0.15, 0.2) is 5.65 Å². The van der Waals surface area contributed by atoms with Crippen LogP contribution in [0.15, 0.2) is 12.4 Å². The number of anilines is 1. The minimum atomic E-state index is 0.185. The van der Waals surface area contributed by atoms with E-state index in [1.807, 2.05) is 11.8 Å². The van der Waals surface area contributed by atoms with E-state index in [4.69, 9.17) is 4.74 Å². The third kappa shape index (κ3) is 2.53. The van der Waals surface area contributed by atoms with Crippen molar-refractivity contribution >= 4 is 23.2 Å². The number of hydrogen-bond donors (Lipinski definition) is 1. The highest BCUT2D eigenvalue weighted by molar-refractivity contribution is 7.99. The van der Waals surface area contributed by atoms with Gasteiger partial charge in [-0.05, 0) is 22.6 Å². The summed E-state index contributed by atoms with van der Waals surface area (Å²) in [6, 6.07) is 0. The highest BCUT2D eigenvalue weighted by atomic mass is 32.2. The summed E-state index contributed by atoms with van der Waals surface area (Å²) in [6.07, 6.45) is 4.64. The minimum Gasteiger partial charge on any atom is -0.379 e. The molecule has 1 N–H and O–H groups in total. The first-order valence-electron chi connectivity index (χ1n) is 7.54. The maximum Gasteiger partial charge on any atom is 0.199 e. The number of ether oxygens (including phenoxy) is 1. The molecular formula is C13H19N7OS. The van der Waals surface area contributed by atoms with E-state index in [1.165, 1.54) is 12.2 Å². The monoisotopic (exact) mass is 321 g/mol. The molecule has 0 aromatic carbocycles. The molecule has 0 spiro atoms. The lowest BCUT2D eigenvalue weighted by Crippen LogP contribution is -2.57. The Morgan fingerprint density at radius 2 is 2.23 bits per heavy atom. The zero-order valence-corrected chi connectivity index (χ0v) is 13.1. The first-order valence-corrected chi connectivity index (χ1v) is 8.69. The summed E-state index contributed by atoms with van der Waals surface area (Å²) in [6.45, 7) is 4.55. The Morgan fingerprint density at radius 1 is 1.32 bits per heavy atom. The van der Waals surface area contributed by atoms with Crippen LogP contribution in [0.2, 0.25) is 0 Å². The fourth-order valence-electron chi connectivity index (χ4n) is 3.19. The molecule has 2 aromatic rings. The van der Waals surface area contributed by atoms with Crippen molar-refractivity contribution in [3.63, 3.8) is 0 Å². The van der Waals surface area contributed by atoms with Crippen molar-refractivity contribution in [1.29, 1.82) is 0 Å². The number of morpholine rings is 1. The first kappa shape index (κ1) is 14.2. The Labute approximate surface area is 132 Å². The Morgan fingerprint density at radius 3 is 3.05 bits per heavy atom. The molecule has 0 amide bonds. The van der Waals surface area contributed by atoms with Gasteiger partial charge < -0.3 is 10.1 Å². The standard InChI is InChI=1S/C13H19N7OS/c1-6-22-10-13(1,19-2-4-21-5-3-19)9-15-11-7-14-8-12-16-17-18-20(11)12/h7-8,15H,1-6,9-10H2/t13-/m1/s1. The van der Waals surface area contributed by atoms with E-state index in [2.05, 4.69) is 30.7 Å². The van der Waals surface area contributed by atoms with E-state index in [1.54, 1.807) is 16.9 Å². The number of aromatic nitrogens is 5. The van der Waals surface area contributed by atoms with Crippen LogP contribution in [0.4, 0.5) is 5.82 Å². The summed E-state index contributed by atoms with van der Waals surface area (Å²) in [4.78, 5) is 6.78. The van der Waals surface area contributed by atoms with Gasteiger partial charge in [-0.1, -0.05) is 0 Å². The smallest absolute Gasteiger partial charge is 0.199 e. The van der Waals surface area contributed by atoms with Crippen LogP contribution in [0, 0.1) is 0 Å². The molecule has 0 radical (unpaired) electrons. The lowest BCUT2D eigenvalue weighted by molar-refractivity contribution is -0.00924. The molecule has 2 aliphatic rings. The molecule has 0 bridgehead atoms. The predicted octanol–water partition coefficient (Wildman–Crippen LogP) is 0.139. The zero-order chi connectivity index (χ0) is 14.8. The molecule has 2 aromatic heterocycles. The van der Waals surface area contributed by atoms with E-state index in [-0.39, 0.29) is 5.54 Å². The lowest BCUT2D eigenvalue weighted by Gasteiger charge is -2.43. The molecule has 2 saturated heterocycles. The van der Waals surface area contributed by atoms with Crippen LogP contribution in [0.3, 0.4) is 0 Å². The third-order valence-corrected chi connectivity index (χ3v) is 5.71. The highest BCUT2D eigenvalue weighted by Gasteiger charge is 2.40. The van der Waals surface area contributed by atoms with E-state index >= 15 is 0 Å². The molecule has 22 heavy (non-hydrogen) atoms. The van der Waals surface area contributed by atoms with Crippen LogP contribution in [0.1, 0.15) is 6.42 Å². The molecule has 4 rings (SSSR count). The summed E-state index contributed by atoms with van der Waals surface area (Å²) < 4.78 is 7.20. The number of nitrogens with one attached hydrogen (secondary N) is 1. The maximum atomic E-state index is 5.50. The van der Waals surface area contributed by atoms with Gasteiger partial charge in [0.05, 0.1) is 25.6 Å². The molecule has 2 fully saturated rings. The Bertz CT molecular complexity index is 636. The summed E-state index contributed by atoms with van der Waals surface area (Å²) in [5, 5.41) is 15.2. The van der Waals surface area contributed by atoms with Crippen molar-refractivity contribution in [2.45, 2.75) is 12.0 Å². The summed E-state index contributed by atoms with van der Waals surface area (Å²) in [5.74, 6) is 3.21. The van der Waals surface area contributed by atoms with Gasteiger partial charge in [-0.15, -0.1) is 5.10 Å². The summed E-state index contributed by atoms with van der Waals surface area (Å²) >= 11 is 2.03. The number of fused-ring (bicyclic) bond motifs is 1. The number of tetrazole rings is 1. The Kier molecular flexibility index (Phi) is 3.85. The fourth-order valence-corrected chi connectivity index (χ4v) is 4.66. The van der Waals surface area contributed by atoms with E-state index < -0.39 is 0 Å². The van der Waals surface area contributed by atoms with Gasteiger partial charge in [0.25, 0.3) is 0 Å². The number of rotatable bonds is 4. The lowest BCUT2D eigenvalue weighted by atomic mass is 9.95. The van der Waals surface area contributed by atoms with E-state index in [0.29, 0.717) is 5.65 Å². The topological polar surface area (TPSA) is 80.5 Å². The second kappa shape index (κ2) is 5.98. The number of hydrogen-bond acceptors (Lipinski definition) is 8. The summed E-state index contributed by atoms with van der Waals surface area (Å²) in [7, 11) is 0. The van der Waals surface area contributed by atoms with Crippen molar-refractivity contribution in [3.8, 4) is 0 Å². The van der Waals surface area contributed by atoms with Gasteiger partial charge in [-0.3, -0.25) is 9.88 Å². The zero-order valence-electron chi connectivity index (χ0n) is 12.3. The van der Waals surface area contributed by atoms with Crippen molar-refractivity contribution in [1.82, 2.24) is 29.9 Å². The molecule has 1 atom stereocenters. The van der Waals surface area contributed by atoms with Crippen molar-refractivity contribution in [3.05, 3.63) is 12.4 Å². The molecule has 9 heteroatoms. The molecular weight excluding hydrogens is 302 g/mol. The van der Waals surface area contributed by atoms with Crippen molar-refractivity contribution in [2.75, 3.05) is 49.7 Å². The fraction of sp³-hybridized carbons (Fsp3) is 0.692. The van der Waals surface area contributed by atoms with Gasteiger partial charge in [0.2, 0.25) is 0 Å². The second-order valence-corrected chi connectivity index (χ2v) is 6.83. The number of thioether (sulfide) groups is 1. The van der Waals surface area contributed by atoms with Gasteiger partial charge in [0.1, 0.15) is 5.82 Å². The Hall–Kier alpha value is -1.45. The molecule has 0 aliphatic carbocycles. The van der Waals surface area contributed by atoms with Crippen LogP contribution in [0.25, 0.3) is 5.65 Å². The van der Waals surface area contributed by atoms with Gasteiger partial charge in [0, 0.05) is 30.9 Å². The van der Waals surface area contributed by atoms with Crippen LogP contribution >= 0.6 is 11.8 Å². The molecule has 4 heterocycles. The average molecular weight is 321 g/mol. The van der Waals surface area contributed by atoms with Gasteiger partial charge in [-0.2, -0.15) is 16.3 Å². The molecule has 0 saturated carbocycles. The highest BCUT2D eigenvalue weighted by Crippen LogP contribution is 2.34. The molecule has 2 aliphatic heterocycles. The Balaban J connectivity index is 1.53. The van der Waals surface area contributed by atoms with Crippen LogP contribution in [0.5, 0.6) is 0 Å². The predicted molar refractivity (Wildman–Crippen MR) is 84.1 cm³/mol. The van der Waals surface area contributed by atoms with E-state index in [0.717, 1.165) is 44.4 Å². The van der Waals surface area contributed by atoms with Crippen molar-refractivity contribution in [2.24, 2.45) is 0 Å². The average Bonchev–Trinajstić information content (AvgIpc) is 3.24. The normalized spacial score (nSPS) is 26.5. The van der Waals surface area contributed by atoms with Gasteiger partial charge in [-0.25, -0.2) is 0 Å². The van der Waals surface area contributed by atoms with E-state index in [9.17, 15) is 0 Å². The molecule has 0 unspecified atom stereocenters. The maximum absolute atomic E-state index is 5.50. The molecule has 118 valence electrons. The second-order valence-electron chi connectivity index (χ2n) is 5.72. The van der Waals surface area contributed by atoms with Crippen molar-refractivity contribution < 1.29 is 4.74 Å². The third-order valence-electron chi connectivity index (χ3n) is 4.47. The quantitative estimate of drug-likeness (QED) is 0.852.